The maximum Gasteiger partial charge on any atom is 0.313 e. The zero-order valence-corrected chi connectivity index (χ0v) is 12.9. The quantitative estimate of drug-likeness (QED) is 0.745. The highest BCUT2D eigenvalue weighted by molar-refractivity contribution is 7.10. The summed E-state index contributed by atoms with van der Waals surface area (Å²) in [4.78, 5) is 24.0. The van der Waals surface area contributed by atoms with E-state index >= 15 is 0 Å². The summed E-state index contributed by atoms with van der Waals surface area (Å²) in [6, 6.07) is 6.01. The van der Waals surface area contributed by atoms with Gasteiger partial charge in [-0.2, -0.15) is 0 Å². The number of nitrogens with one attached hydrogen (secondary N) is 2. The molecule has 1 heterocycles. The lowest BCUT2D eigenvalue weighted by Gasteiger charge is -2.22. The predicted molar refractivity (Wildman–Crippen MR) is 81.9 cm³/mol. The molecule has 0 aliphatic rings. The van der Waals surface area contributed by atoms with Crippen molar-refractivity contribution in [3.63, 3.8) is 0 Å². The van der Waals surface area contributed by atoms with Crippen LogP contribution in [0.1, 0.15) is 11.8 Å². The molecular formula is C15H14F2N2O3S. The van der Waals surface area contributed by atoms with E-state index in [2.05, 4.69) is 5.32 Å². The average Bonchev–Trinajstić information content (AvgIpc) is 3.02. The maximum absolute atomic E-state index is 13.4. The van der Waals surface area contributed by atoms with Gasteiger partial charge >= 0.3 is 11.8 Å². The number of benzene rings is 1. The van der Waals surface area contributed by atoms with Crippen LogP contribution in [-0.4, -0.2) is 23.5 Å². The molecule has 0 fully saturated rings. The van der Waals surface area contributed by atoms with Gasteiger partial charge in [0.1, 0.15) is 17.2 Å². The SMILES string of the molecule is CC(O)(CNC(=O)C(=O)Nc1ccc(F)cc1F)c1cccs1. The van der Waals surface area contributed by atoms with Gasteiger partial charge in [-0.3, -0.25) is 9.59 Å². The Hall–Kier alpha value is -2.32. The second-order valence-electron chi connectivity index (χ2n) is 5.01. The Bertz CT molecular complexity index is 718. The zero-order chi connectivity index (χ0) is 17.0. The number of carbonyl (C=O) groups excluding carboxylic acids is 2. The lowest BCUT2D eigenvalue weighted by Crippen LogP contribution is -2.43. The summed E-state index contributed by atoms with van der Waals surface area (Å²) in [5, 5.41) is 16.3. The van der Waals surface area contributed by atoms with Crippen LogP contribution in [0.25, 0.3) is 0 Å². The van der Waals surface area contributed by atoms with Gasteiger partial charge in [-0.05, 0) is 30.5 Å². The standard InChI is InChI=1S/C15H14F2N2O3S/c1-15(22,12-3-2-6-23-12)8-18-13(20)14(21)19-11-5-4-9(16)7-10(11)17/h2-7,22H,8H2,1H3,(H,18,20)(H,19,21). The molecule has 1 unspecified atom stereocenters. The van der Waals surface area contributed by atoms with Crippen LogP contribution in [-0.2, 0) is 15.2 Å². The van der Waals surface area contributed by atoms with Gasteiger partial charge in [0, 0.05) is 10.9 Å². The Morgan fingerprint density at radius 2 is 2.00 bits per heavy atom. The minimum absolute atomic E-state index is 0.189. The number of carbonyl (C=O) groups is 2. The number of amides is 2. The number of hydrogen-bond acceptors (Lipinski definition) is 4. The van der Waals surface area contributed by atoms with Crippen molar-refractivity contribution in [3.05, 3.63) is 52.2 Å². The molecule has 0 saturated heterocycles. The third kappa shape index (κ3) is 4.33. The number of halogens is 2. The van der Waals surface area contributed by atoms with E-state index in [4.69, 9.17) is 0 Å². The van der Waals surface area contributed by atoms with Crippen molar-refractivity contribution in [2.24, 2.45) is 0 Å². The van der Waals surface area contributed by atoms with E-state index in [9.17, 15) is 23.5 Å². The smallest absolute Gasteiger partial charge is 0.313 e. The van der Waals surface area contributed by atoms with Gasteiger partial charge in [-0.25, -0.2) is 8.78 Å². The third-order valence-electron chi connectivity index (χ3n) is 3.03. The Balaban J connectivity index is 1.94. The van der Waals surface area contributed by atoms with Gasteiger partial charge in [0.2, 0.25) is 0 Å². The second kappa shape index (κ2) is 6.84. The van der Waals surface area contributed by atoms with E-state index in [1.54, 1.807) is 17.5 Å². The monoisotopic (exact) mass is 340 g/mol. The second-order valence-corrected chi connectivity index (χ2v) is 5.96. The minimum Gasteiger partial charge on any atom is -0.383 e. The summed E-state index contributed by atoms with van der Waals surface area (Å²) in [6.45, 7) is 1.31. The van der Waals surface area contributed by atoms with E-state index in [0.717, 1.165) is 12.1 Å². The van der Waals surface area contributed by atoms with Crippen molar-refractivity contribution in [3.8, 4) is 0 Å². The number of rotatable bonds is 4. The molecule has 2 rings (SSSR count). The topological polar surface area (TPSA) is 78.4 Å². The molecule has 3 N–H and O–H groups in total. The van der Waals surface area contributed by atoms with Crippen LogP contribution in [0.5, 0.6) is 0 Å². The molecule has 0 radical (unpaired) electrons. The molecule has 8 heteroatoms. The number of thiophene rings is 1. The van der Waals surface area contributed by atoms with E-state index < -0.39 is 29.0 Å². The summed E-state index contributed by atoms with van der Waals surface area (Å²) in [7, 11) is 0. The van der Waals surface area contributed by atoms with Crippen LogP contribution in [0.3, 0.4) is 0 Å². The molecular weight excluding hydrogens is 326 g/mol. The minimum atomic E-state index is -1.33. The van der Waals surface area contributed by atoms with Gasteiger partial charge in [0.15, 0.2) is 0 Å². The number of anilines is 1. The molecule has 0 aliphatic heterocycles. The van der Waals surface area contributed by atoms with E-state index in [0.29, 0.717) is 10.9 Å². The molecule has 1 atom stereocenters. The van der Waals surface area contributed by atoms with Gasteiger partial charge in [-0.15, -0.1) is 11.3 Å². The maximum atomic E-state index is 13.4. The van der Waals surface area contributed by atoms with E-state index in [1.807, 2.05) is 5.32 Å². The van der Waals surface area contributed by atoms with Crippen LogP contribution in [0.4, 0.5) is 14.5 Å². The molecule has 23 heavy (non-hydrogen) atoms. The molecule has 0 aliphatic carbocycles. The van der Waals surface area contributed by atoms with Crippen molar-refractivity contribution in [2.45, 2.75) is 12.5 Å². The first-order valence-corrected chi connectivity index (χ1v) is 7.48. The predicted octanol–water partition coefficient (Wildman–Crippen LogP) is 1.99. The summed E-state index contributed by atoms with van der Waals surface area (Å²) in [5.74, 6) is -3.93. The molecule has 0 bridgehead atoms. The molecule has 1 aromatic carbocycles. The van der Waals surface area contributed by atoms with Crippen LogP contribution in [0, 0.1) is 11.6 Å². The first-order chi connectivity index (χ1) is 10.8. The van der Waals surface area contributed by atoms with Crippen LogP contribution in [0.15, 0.2) is 35.7 Å². The summed E-state index contributed by atoms with van der Waals surface area (Å²) >= 11 is 1.31. The van der Waals surface area contributed by atoms with Crippen LogP contribution >= 0.6 is 11.3 Å². The first kappa shape index (κ1) is 17.0. The zero-order valence-electron chi connectivity index (χ0n) is 12.1. The fourth-order valence-corrected chi connectivity index (χ4v) is 2.56. The molecule has 2 amide bonds. The Morgan fingerprint density at radius 1 is 1.26 bits per heavy atom. The molecule has 2 aromatic rings. The molecule has 0 saturated carbocycles. The van der Waals surface area contributed by atoms with Crippen LogP contribution in [0.2, 0.25) is 0 Å². The van der Waals surface area contributed by atoms with Gasteiger partial charge in [-0.1, -0.05) is 6.07 Å². The van der Waals surface area contributed by atoms with Crippen molar-refractivity contribution >= 4 is 28.8 Å². The summed E-state index contributed by atoms with van der Waals surface area (Å²) < 4.78 is 26.2. The highest BCUT2D eigenvalue weighted by Crippen LogP contribution is 2.24. The fourth-order valence-electron chi connectivity index (χ4n) is 1.77. The van der Waals surface area contributed by atoms with Crippen molar-refractivity contribution in [2.75, 3.05) is 11.9 Å². The van der Waals surface area contributed by atoms with Crippen LogP contribution < -0.4 is 10.6 Å². The molecule has 0 spiro atoms. The fraction of sp³-hybridized carbons (Fsp3) is 0.200. The lowest BCUT2D eigenvalue weighted by atomic mass is 10.1. The molecule has 1 aromatic heterocycles. The Morgan fingerprint density at radius 3 is 2.61 bits per heavy atom. The van der Waals surface area contributed by atoms with Crippen molar-refractivity contribution in [1.29, 1.82) is 0 Å². The first-order valence-electron chi connectivity index (χ1n) is 6.60. The van der Waals surface area contributed by atoms with E-state index in [-0.39, 0.29) is 12.2 Å². The molecule has 122 valence electrons. The Labute approximate surface area is 135 Å². The normalized spacial score (nSPS) is 13.2. The largest absolute Gasteiger partial charge is 0.383 e. The van der Waals surface area contributed by atoms with Gasteiger partial charge in [0.05, 0.1) is 12.2 Å². The highest BCUT2D eigenvalue weighted by atomic mass is 32.1. The summed E-state index contributed by atoms with van der Waals surface area (Å²) in [6.07, 6.45) is 0. The summed E-state index contributed by atoms with van der Waals surface area (Å²) in [5.41, 5.74) is -1.64. The highest BCUT2D eigenvalue weighted by Gasteiger charge is 2.26. The molecule has 5 nitrogen and oxygen atoms in total. The number of hydrogen-bond donors (Lipinski definition) is 3. The average molecular weight is 340 g/mol. The lowest BCUT2D eigenvalue weighted by molar-refractivity contribution is -0.136. The van der Waals surface area contributed by atoms with Crippen molar-refractivity contribution < 1.29 is 23.5 Å². The number of aliphatic hydroxyl groups is 1. The Kier molecular flexibility index (Phi) is 5.07. The van der Waals surface area contributed by atoms with E-state index in [1.165, 1.54) is 18.3 Å². The van der Waals surface area contributed by atoms with Gasteiger partial charge < -0.3 is 15.7 Å². The van der Waals surface area contributed by atoms with Gasteiger partial charge in [0.25, 0.3) is 0 Å². The third-order valence-corrected chi connectivity index (χ3v) is 4.15. The van der Waals surface area contributed by atoms with Crippen molar-refractivity contribution in [1.82, 2.24) is 5.32 Å².